The third-order valence-electron chi connectivity index (χ3n) is 4.23. The highest BCUT2D eigenvalue weighted by Gasteiger charge is 2.30. The molecule has 0 unspecified atom stereocenters. The number of rotatable bonds is 2. The summed E-state index contributed by atoms with van der Waals surface area (Å²) < 4.78 is 5.30. The number of aromatic nitrogens is 2. The molecule has 3 rings (SSSR count). The van der Waals surface area contributed by atoms with Crippen LogP contribution in [0.25, 0.3) is 0 Å². The fraction of sp³-hybridized carbons (Fsp3) is 0.667. The van der Waals surface area contributed by atoms with E-state index in [4.69, 9.17) is 4.74 Å². The van der Waals surface area contributed by atoms with Crippen molar-refractivity contribution in [1.82, 2.24) is 14.9 Å². The Labute approximate surface area is 125 Å². The van der Waals surface area contributed by atoms with Crippen molar-refractivity contribution in [3.63, 3.8) is 0 Å². The average Bonchev–Trinajstić information content (AvgIpc) is 2.55. The van der Waals surface area contributed by atoms with Crippen molar-refractivity contribution < 1.29 is 9.53 Å². The van der Waals surface area contributed by atoms with Crippen LogP contribution >= 0.6 is 0 Å². The van der Waals surface area contributed by atoms with Crippen LogP contribution in [0.4, 0.5) is 5.95 Å². The summed E-state index contributed by atoms with van der Waals surface area (Å²) in [5.41, 5.74) is 0.978. The normalized spacial score (nSPS) is 20.6. The Morgan fingerprint density at radius 1 is 1.24 bits per heavy atom. The number of amides is 1. The Bertz CT molecular complexity index is 494. The molecule has 0 aromatic carbocycles. The first-order valence-corrected chi connectivity index (χ1v) is 7.65. The summed E-state index contributed by atoms with van der Waals surface area (Å²) in [4.78, 5) is 25.4. The van der Waals surface area contributed by atoms with Gasteiger partial charge in [0.05, 0.1) is 13.2 Å². The lowest BCUT2D eigenvalue weighted by atomic mass is 9.95. The van der Waals surface area contributed by atoms with Crippen LogP contribution in [-0.4, -0.2) is 60.2 Å². The zero-order chi connectivity index (χ0) is 14.7. The smallest absolute Gasteiger partial charge is 0.225 e. The fourth-order valence-corrected chi connectivity index (χ4v) is 2.96. The maximum absolute atomic E-state index is 12.5. The summed E-state index contributed by atoms with van der Waals surface area (Å²) in [7, 11) is 0. The number of carbonyl (C=O) groups excluding carboxylic acids is 1. The van der Waals surface area contributed by atoms with Crippen LogP contribution in [-0.2, 0) is 9.53 Å². The summed E-state index contributed by atoms with van der Waals surface area (Å²) in [6.45, 7) is 6.48. The quantitative estimate of drug-likeness (QED) is 0.808. The van der Waals surface area contributed by atoms with Gasteiger partial charge >= 0.3 is 0 Å². The van der Waals surface area contributed by atoms with Gasteiger partial charge in [-0.15, -0.1) is 0 Å². The molecule has 6 heteroatoms. The van der Waals surface area contributed by atoms with Gasteiger partial charge in [-0.25, -0.2) is 9.97 Å². The van der Waals surface area contributed by atoms with Crippen LogP contribution in [0.1, 0.15) is 18.5 Å². The zero-order valence-electron chi connectivity index (χ0n) is 12.5. The van der Waals surface area contributed by atoms with Crippen molar-refractivity contribution in [2.75, 3.05) is 44.3 Å². The van der Waals surface area contributed by atoms with E-state index in [1.807, 2.05) is 17.9 Å². The van der Waals surface area contributed by atoms with Crippen LogP contribution in [0.15, 0.2) is 12.3 Å². The Hall–Kier alpha value is -1.69. The van der Waals surface area contributed by atoms with E-state index in [9.17, 15) is 4.79 Å². The Morgan fingerprint density at radius 3 is 2.62 bits per heavy atom. The summed E-state index contributed by atoms with van der Waals surface area (Å²) in [5, 5.41) is 0. The molecular formula is C15H22N4O2. The second-order valence-corrected chi connectivity index (χ2v) is 5.70. The van der Waals surface area contributed by atoms with E-state index in [-0.39, 0.29) is 5.92 Å². The minimum atomic E-state index is 0.143. The van der Waals surface area contributed by atoms with Gasteiger partial charge in [0, 0.05) is 44.0 Å². The molecule has 1 amide bonds. The van der Waals surface area contributed by atoms with Crippen molar-refractivity contribution in [2.45, 2.75) is 19.8 Å². The number of nitrogens with zero attached hydrogens (tertiary/aromatic N) is 4. The summed E-state index contributed by atoms with van der Waals surface area (Å²) in [6.07, 6.45) is 3.56. The molecule has 0 saturated carbocycles. The van der Waals surface area contributed by atoms with E-state index >= 15 is 0 Å². The van der Waals surface area contributed by atoms with Crippen LogP contribution < -0.4 is 4.90 Å². The lowest BCUT2D eigenvalue weighted by Crippen LogP contribution is -2.47. The van der Waals surface area contributed by atoms with E-state index in [0.717, 1.165) is 50.7 Å². The first-order valence-electron chi connectivity index (χ1n) is 7.65. The van der Waals surface area contributed by atoms with Crippen molar-refractivity contribution in [3.8, 4) is 0 Å². The molecule has 0 spiro atoms. The van der Waals surface area contributed by atoms with Crippen LogP contribution in [0.3, 0.4) is 0 Å². The van der Waals surface area contributed by atoms with E-state index in [1.165, 1.54) is 0 Å². The lowest BCUT2D eigenvalue weighted by molar-refractivity contribution is -0.140. The van der Waals surface area contributed by atoms with Crippen molar-refractivity contribution in [2.24, 2.45) is 5.92 Å². The topological polar surface area (TPSA) is 58.6 Å². The molecule has 0 bridgehead atoms. The Kier molecular flexibility index (Phi) is 4.34. The van der Waals surface area contributed by atoms with Gasteiger partial charge in [-0.05, 0) is 25.8 Å². The van der Waals surface area contributed by atoms with Gasteiger partial charge in [0.15, 0.2) is 0 Å². The minimum absolute atomic E-state index is 0.143. The predicted molar refractivity (Wildman–Crippen MR) is 79.1 cm³/mol. The van der Waals surface area contributed by atoms with Gasteiger partial charge in [-0.3, -0.25) is 4.79 Å². The molecule has 2 saturated heterocycles. The number of ether oxygens (including phenoxy) is 1. The third kappa shape index (κ3) is 3.32. The van der Waals surface area contributed by atoms with E-state index in [2.05, 4.69) is 14.9 Å². The standard InChI is InChI=1S/C15H22N4O2/c1-12-2-5-16-15(17-12)19-6-3-13(4-7-19)14(20)18-8-10-21-11-9-18/h2,5,13H,3-4,6-11H2,1H3. The largest absolute Gasteiger partial charge is 0.378 e. The number of carbonyl (C=O) groups is 1. The first-order chi connectivity index (χ1) is 10.2. The summed E-state index contributed by atoms with van der Waals surface area (Å²) in [5.74, 6) is 1.22. The average molecular weight is 290 g/mol. The van der Waals surface area contributed by atoms with E-state index in [0.29, 0.717) is 19.1 Å². The number of anilines is 1. The Morgan fingerprint density at radius 2 is 1.95 bits per heavy atom. The first kappa shape index (κ1) is 14.3. The minimum Gasteiger partial charge on any atom is -0.378 e. The maximum Gasteiger partial charge on any atom is 0.225 e. The van der Waals surface area contributed by atoms with Gasteiger partial charge in [0.2, 0.25) is 11.9 Å². The highest BCUT2D eigenvalue weighted by Crippen LogP contribution is 2.22. The molecule has 1 aromatic heterocycles. The van der Waals surface area contributed by atoms with Crippen LogP contribution in [0.5, 0.6) is 0 Å². The SMILES string of the molecule is Cc1ccnc(N2CCC(C(=O)N3CCOCC3)CC2)n1. The van der Waals surface area contributed by atoms with Gasteiger partial charge < -0.3 is 14.5 Å². The van der Waals surface area contributed by atoms with Gasteiger partial charge in [-0.2, -0.15) is 0 Å². The summed E-state index contributed by atoms with van der Waals surface area (Å²) >= 11 is 0. The number of hydrogen-bond acceptors (Lipinski definition) is 5. The molecule has 2 aliphatic heterocycles. The van der Waals surface area contributed by atoms with Crippen molar-refractivity contribution in [1.29, 1.82) is 0 Å². The fourth-order valence-electron chi connectivity index (χ4n) is 2.96. The van der Waals surface area contributed by atoms with Crippen molar-refractivity contribution in [3.05, 3.63) is 18.0 Å². The molecule has 1 aromatic rings. The number of piperidine rings is 1. The Balaban J connectivity index is 1.56. The second kappa shape index (κ2) is 6.39. The van der Waals surface area contributed by atoms with Crippen LogP contribution in [0.2, 0.25) is 0 Å². The molecule has 3 heterocycles. The molecule has 114 valence electrons. The van der Waals surface area contributed by atoms with Gasteiger partial charge in [0.1, 0.15) is 0 Å². The molecule has 0 N–H and O–H groups in total. The predicted octanol–water partition coefficient (Wildman–Crippen LogP) is 0.860. The van der Waals surface area contributed by atoms with Crippen molar-refractivity contribution >= 4 is 11.9 Å². The van der Waals surface area contributed by atoms with Crippen LogP contribution in [0, 0.1) is 12.8 Å². The highest BCUT2D eigenvalue weighted by atomic mass is 16.5. The number of aryl methyl sites for hydroxylation is 1. The lowest BCUT2D eigenvalue weighted by Gasteiger charge is -2.35. The molecular weight excluding hydrogens is 268 g/mol. The van der Waals surface area contributed by atoms with E-state index < -0.39 is 0 Å². The zero-order valence-corrected chi connectivity index (χ0v) is 12.5. The molecule has 0 aliphatic carbocycles. The second-order valence-electron chi connectivity index (χ2n) is 5.70. The molecule has 21 heavy (non-hydrogen) atoms. The van der Waals surface area contributed by atoms with E-state index in [1.54, 1.807) is 6.20 Å². The molecule has 6 nitrogen and oxygen atoms in total. The monoisotopic (exact) mass is 290 g/mol. The molecule has 0 atom stereocenters. The molecule has 0 radical (unpaired) electrons. The van der Waals surface area contributed by atoms with Gasteiger partial charge in [0.25, 0.3) is 0 Å². The highest BCUT2D eigenvalue weighted by molar-refractivity contribution is 5.79. The molecule has 2 aliphatic rings. The number of hydrogen-bond donors (Lipinski definition) is 0. The third-order valence-corrected chi connectivity index (χ3v) is 4.23. The van der Waals surface area contributed by atoms with Gasteiger partial charge in [-0.1, -0.05) is 0 Å². The summed E-state index contributed by atoms with van der Waals surface area (Å²) in [6, 6.07) is 1.90. The maximum atomic E-state index is 12.5. The molecule has 2 fully saturated rings. The number of morpholine rings is 1.